The molecule has 1 unspecified atom stereocenters. The molecule has 0 saturated carbocycles. The lowest BCUT2D eigenvalue weighted by Crippen LogP contribution is -2.31. The van der Waals surface area contributed by atoms with Crippen molar-refractivity contribution < 1.29 is 9.53 Å². The highest BCUT2D eigenvalue weighted by atomic mass is 16.5. The predicted molar refractivity (Wildman–Crippen MR) is 69.6 cm³/mol. The van der Waals surface area contributed by atoms with Crippen LogP contribution in [-0.2, 0) is 4.74 Å². The fraction of sp³-hybridized carbons (Fsp3) is 0.357. The van der Waals surface area contributed by atoms with Gasteiger partial charge in [0.15, 0.2) is 0 Å². The number of carbonyl (C=O) groups excluding carboxylic acids is 1. The molecule has 1 aliphatic rings. The highest BCUT2D eigenvalue weighted by Gasteiger charge is 2.16. The molecule has 1 saturated heterocycles. The SMILES string of the molecule is O=C(NCC1CCCO1)c1ccc2cc[nH]c2c1. The van der Waals surface area contributed by atoms with Crippen LogP contribution >= 0.6 is 0 Å². The standard InChI is InChI=1S/C14H16N2O2/c17-14(16-9-12-2-1-7-18-12)11-4-3-10-5-6-15-13(10)8-11/h3-6,8,12,15H,1-2,7,9H2,(H,16,17). The third kappa shape index (κ3) is 2.24. The van der Waals surface area contributed by atoms with Crippen molar-refractivity contribution in [3.63, 3.8) is 0 Å². The van der Waals surface area contributed by atoms with E-state index in [1.165, 1.54) is 0 Å². The van der Waals surface area contributed by atoms with Crippen LogP contribution in [0.15, 0.2) is 30.5 Å². The minimum Gasteiger partial charge on any atom is -0.376 e. The Morgan fingerprint density at radius 3 is 3.22 bits per heavy atom. The summed E-state index contributed by atoms with van der Waals surface area (Å²) < 4.78 is 5.48. The van der Waals surface area contributed by atoms with Crippen LogP contribution in [0.5, 0.6) is 0 Å². The Labute approximate surface area is 105 Å². The molecule has 2 heterocycles. The summed E-state index contributed by atoms with van der Waals surface area (Å²) in [6, 6.07) is 7.66. The van der Waals surface area contributed by atoms with Gasteiger partial charge in [-0.25, -0.2) is 0 Å². The highest BCUT2D eigenvalue weighted by molar-refractivity contribution is 5.97. The van der Waals surface area contributed by atoms with Crippen molar-refractivity contribution in [2.75, 3.05) is 13.2 Å². The molecule has 2 aromatic rings. The quantitative estimate of drug-likeness (QED) is 0.868. The van der Waals surface area contributed by atoms with Crippen LogP contribution < -0.4 is 5.32 Å². The van der Waals surface area contributed by atoms with Crippen LogP contribution in [0, 0.1) is 0 Å². The number of amides is 1. The Hall–Kier alpha value is -1.81. The lowest BCUT2D eigenvalue weighted by molar-refractivity contribution is 0.0858. The summed E-state index contributed by atoms with van der Waals surface area (Å²) in [5, 5.41) is 4.04. The second kappa shape index (κ2) is 4.82. The number of nitrogens with one attached hydrogen (secondary N) is 2. The van der Waals surface area contributed by atoms with E-state index < -0.39 is 0 Å². The number of fused-ring (bicyclic) bond motifs is 1. The van der Waals surface area contributed by atoms with Crippen molar-refractivity contribution in [3.05, 3.63) is 36.0 Å². The first-order chi connectivity index (χ1) is 8.83. The van der Waals surface area contributed by atoms with Gasteiger partial charge in [0.05, 0.1) is 6.10 Å². The number of benzene rings is 1. The van der Waals surface area contributed by atoms with E-state index in [1.54, 1.807) is 0 Å². The zero-order valence-corrected chi connectivity index (χ0v) is 10.1. The maximum atomic E-state index is 12.0. The molecule has 0 spiro atoms. The van der Waals surface area contributed by atoms with E-state index in [2.05, 4.69) is 10.3 Å². The van der Waals surface area contributed by atoms with Crippen molar-refractivity contribution >= 4 is 16.8 Å². The van der Waals surface area contributed by atoms with Gasteiger partial charge in [-0.15, -0.1) is 0 Å². The number of carbonyl (C=O) groups is 1. The van der Waals surface area contributed by atoms with E-state index in [4.69, 9.17) is 4.74 Å². The van der Waals surface area contributed by atoms with E-state index in [-0.39, 0.29) is 12.0 Å². The number of H-pyrrole nitrogens is 1. The maximum Gasteiger partial charge on any atom is 0.251 e. The summed E-state index contributed by atoms with van der Waals surface area (Å²) in [7, 11) is 0. The molecule has 1 fully saturated rings. The minimum absolute atomic E-state index is 0.0398. The van der Waals surface area contributed by atoms with Gasteiger partial charge in [0, 0.05) is 30.4 Å². The Kier molecular flexibility index (Phi) is 3.02. The number of aromatic nitrogens is 1. The molecule has 2 N–H and O–H groups in total. The van der Waals surface area contributed by atoms with Gasteiger partial charge in [0.1, 0.15) is 0 Å². The largest absolute Gasteiger partial charge is 0.376 e. The van der Waals surface area contributed by atoms with Crippen LogP contribution in [0.1, 0.15) is 23.2 Å². The Bertz CT molecular complexity index is 556. The third-order valence-electron chi connectivity index (χ3n) is 3.33. The molecule has 1 aromatic carbocycles. The summed E-state index contributed by atoms with van der Waals surface area (Å²) in [5.74, 6) is -0.0398. The summed E-state index contributed by atoms with van der Waals surface area (Å²) in [6.45, 7) is 1.41. The molecular formula is C14H16N2O2. The van der Waals surface area contributed by atoms with Crippen molar-refractivity contribution in [1.29, 1.82) is 0 Å². The summed E-state index contributed by atoms with van der Waals surface area (Å²) in [5.41, 5.74) is 1.67. The lowest BCUT2D eigenvalue weighted by atomic mass is 10.1. The number of rotatable bonds is 3. The van der Waals surface area contributed by atoms with Gasteiger partial charge in [-0.05, 0) is 36.4 Å². The highest BCUT2D eigenvalue weighted by Crippen LogP contribution is 2.14. The van der Waals surface area contributed by atoms with E-state index in [0.29, 0.717) is 12.1 Å². The van der Waals surface area contributed by atoms with E-state index in [0.717, 1.165) is 30.4 Å². The van der Waals surface area contributed by atoms with Gasteiger partial charge in [-0.3, -0.25) is 4.79 Å². The molecule has 1 aromatic heterocycles. The number of hydrogen-bond acceptors (Lipinski definition) is 2. The number of ether oxygens (including phenoxy) is 1. The van der Waals surface area contributed by atoms with Crippen molar-refractivity contribution in [2.45, 2.75) is 18.9 Å². The molecule has 1 aliphatic heterocycles. The fourth-order valence-corrected chi connectivity index (χ4v) is 2.30. The number of hydrogen-bond donors (Lipinski definition) is 2. The monoisotopic (exact) mass is 244 g/mol. The number of aromatic amines is 1. The van der Waals surface area contributed by atoms with E-state index in [9.17, 15) is 4.79 Å². The van der Waals surface area contributed by atoms with Crippen molar-refractivity contribution in [2.24, 2.45) is 0 Å². The predicted octanol–water partition coefficient (Wildman–Crippen LogP) is 2.08. The first-order valence-corrected chi connectivity index (χ1v) is 6.30. The molecule has 1 amide bonds. The van der Waals surface area contributed by atoms with Crippen LogP contribution in [-0.4, -0.2) is 30.1 Å². The average molecular weight is 244 g/mol. The summed E-state index contributed by atoms with van der Waals surface area (Å²) >= 11 is 0. The van der Waals surface area contributed by atoms with Gasteiger partial charge in [0.25, 0.3) is 5.91 Å². The first-order valence-electron chi connectivity index (χ1n) is 6.30. The second-order valence-corrected chi connectivity index (χ2v) is 4.62. The van der Waals surface area contributed by atoms with Gasteiger partial charge < -0.3 is 15.0 Å². The summed E-state index contributed by atoms with van der Waals surface area (Å²) in [6.07, 6.45) is 4.19. The topological polar surface area (TPSA) is 54.1 Å². The Morgan fingerprint density at radius 2 is 2.39 bits per heavy atom. The van der Waals surface area contributed by atoms with Crippen molar-refractivity contribution in [3.8, 4) is 0 Å². The van der Waals surface area contributed by atoms with Crippen LogP contribution in [0.3, 0.4) is 0 Å². The molecule has 0 radical (unpaired) electrons. The molecule has 4 nitrogen and oxygen atoms in total. The maximum absolute atomic E-state index is 12.0. The van der Waals surface area contributed by atoms with Crippen molar-refractivity contribution in [1.82, 2.24) is 10.3 Å². The third-order valence-corrected chi connectivity index (χ3v) is 3.33. The van der Waals surface area contributed by atoms with Gasteiger partial charge in [-0.1, -0.05) is 6.07 Å². The van der Waals surface area contributed by atoms with Crippen LogP contribution in [0.2, 0.25) is 0 Å². The smallest absolute Gasteiger partial charge is 0.251 e. The zero-order valence-electron chi connectivity index (χ0n) is 10.1. The van der Waals surface area contributed by atoms with Gasteiger partial charge in [-0.2, -0.15) is 0 Å². The van der Waals surface area contributed by atoms with E-state index >= 15 is 0 Å². The molecule has 0 bridgehead atoms. The van der Waals surface area contributed by atoms with E-state index in [1.807, 2.05) is 30.5 Å². The fourth-order valence-electron chi connectivity index (χ4n) is 2.30. The van der Waals surface area contributed by atoms with Crippen LogP contribution in [0.25, 0.3) is 10.9 Å². The van der Waals surface area contributed by atoms with Gasteiger partial charge in [0.2, 0.25) is 0 Å². The Balaban J connectivity index is 1.67. The normalized spacial score (nSPS) is 19.2. The average Bonchev–Trinajstić information content (AvgIpc) is 3.05. The molecule has 18 heavy (non-hydrogen) atoms. The minimum atomic E-state index is -0.0398. The van der Waals surface area contributed by atoms with Crippen LogP contribution in [0.4, 0.5) is 0 Å². The molecule has 1 atom stereocenters. The van der Waals surface area contributed by atoms with Gasteiger partial charge >= 0.3 is 0 Å². The molecular weight excluding hydrogens is 228 g/mol. The lowest BCUT2D eigenvalue weighted by Gasteiger charge is -2.10. The molecule has 3 rings (SSSR count). The first kappa shape index (κ1) is 11.3. The Morgan fingerprint density at radius 1 is 1.44 bits per heavy atom. The molecule has 4 heteroatoms. The summed E-state index contributed by atoms with van der Waals surface area (Å²) in [4.78, 5) is 15.1. The molecule has 94 valence electrons. The molecule has 0 aliphatic carbocycles. The zero-order chi connectivity index (χ0) is 12.4. The second-order valence-electron chi connectivity index (χ2n) is 4.62.